The quantitative estimate of drug-likeness (QED) is 0.547. The van der Waals surface area contributed by atoms with E-state index in [9.17, 15) is 0 Å². The maximum atomic E-state index is 5.41. The van der Waals surface area contributed by atoms with E-state index in [0.717, 1.165) is 0 Å². The van der Waals surface area contributed by atoms with Crippen molar-refractivity contribution >= 4 is 11.6 Å². The van der Waals surface area contributed by atoms with Gasteiger partial charge in [0.1, 0.15) is 0 Å². The van der Waals surface area contributed by atoms with Gasteiger partial charge < -0.3 is 4.90 Å². The molecule has 1 heterocycles. The summed E-state index contributed by atoms with van der Waals surface area (Å²) in [4.78, 5) is 2.26. The Morgan fingerprint density at radius 3 is 2.33 bits per heavy atom. The molecule has 0 aromatic heterocycles. The highest BCUT2D eigenvalue weighted by molar-refractivity contribution is 6.25. The summed E-state index contributed by atoms with van der Waals surface area (Å²) < 4.78 is 0. The van der Waals surface area contributed by atoms with Crippen molar-refractivity contribution in [2.45, 2.75) is 19.3 Å². The minimum atomic E-state index is 1.18. The van der Waals surface area contributed by atoms with Crippen LogP contribution in [-0.2, 0) is 0 Å². The average molecular weight is 146 g/mol. The van der Waals surface area contributed by atoms with Crippen LogP contribution in [0.3, 0.4) is 0 Å². The van der Waals surface area contributed by atoms with Gasteiger partial charge in [-0.1, -0.05) is 11.6 Å². The van der Waals surface area contributed by atoms with Crippen LogP contribution in [0.2, 0.25) is 0 Å². The van der Waals surface area contributed by atoms with E-state index < -0.39 is 0 Å². The van der Waals surface area contributed by atoms with Gasteiger partial charge in [0.05, 0.1) is 0 Å². The van der Waals surface area contributed by atoms with Crippen molar-refractivity contribution < 1.29 is 0 Å². The number of rotatable bonds is 1. The Hall–Kier alpha value is -0.170. The molecule has 0 spiro atoms. The van der Waals surface area contributed by atoms with Crippen molar-refractivity contribution in [3.05, 3.63) is 11.7 Å². The molecule has 1 saturated heterocycles. The standard InChI is InChI=1S/C7H12ClN/c8-4-7-9-5-2-1-3-6-9/h4,7H,1-3,5-6H2. The average Bonchev–Trinajstić information content (AvgIpc) is 1.91. The summed E-state index contributed by atoms with van der Waals surface area (Å²) in [6.07, 6.45) is 5.98. The third-order valence-electron chi connectivity index (χ3n) is 1.66. The van der Waals surface area contributed by atoms with Crippen LogP contribution in [0.15, 0.2) is 11.7 Å². The van der Waals surface area contributed by atoms with E-state index in [2.05, 4.69) is 4.90 Å². The zero-order valence-corrected chi connectivity index (χ0v) is 6.27. The number of likely N-dealkylation sites (tertiary alicyclic amines) is 1. The van der Waals surface area contributed by atoms with Crippen molar-refractivity contribution in [1.29, 1.82) is 0 Å². The lowest BCUT2D eigenvalue weighted by Crippen LogP contribution is -2.23. The lowest BCUT2D eigenvalue weighted by Gasteiger charge is -2.24. The predicted octanol–water partition coefficient (Wildman–Crippen LogP) is 2.18. The van der Waals surface area contributed by atoms with Crippen LogP contribution >= 0.6 is 11.6 Å². The van der Waals surface area contributed by atoms with Crippen LogP contribution in [0.25, 0.3) is 0 Å². The Bertz CT molecular complexity index is 95.1. The molecule has 52 valence electrons. The van der Waals surface area contributed by atoms with E-state index in [-0.39, 0.29) is 0 Å². The van der Waals surface area contributed by atoms with Crippen LogP contribution in [0.4, 0.5) is 0 Å². The number of hydrogen-bond acceptors (Lipinski definition) is 1. The third kappa shape index (κ3) is 2.27. The normalized spacial score (nSPS) is 21.2. The van der Waals surface area contributed by atoms with Gasteiger partial charge in [-0.3, -0.25) is 0 Å². The lowest BCUT2D eigenvalue weighted by molar-refractivity contribution is 0.310. The minimum Gasteiger partial charge on any atom is -0.377 e. The van der Waals surface area contributed by atoms with Crippen LogP contribution in [0.1, 0.15) is 19.3 Å². The van der Waals surface area contributed by atoms with Gasteiger partial charge in [-0.15, -0.1) is 0 Å². The van der Waals surface area contributed by atoms with Crippen molar-refractivity contribution in [3.63, 3.8) is 0 Å². The van der Waals surface area contributed by atoms with E-state index in [1.807, 2.05) is 6.20 Å². The second-order valence-electron chi connectivity index (χ2n) is 2.37. The fraction of sp³-hybridized carbons (Fsp3) is 0.714. The number of piperidine rings is 1. The molecule has 1 nitrogen and oxygen atoms in total. The van der Waals surface area contributed by atoms with Gasteiger partial charge >= 0.3 is 0 Å². The molecule has 0 amide bonds. The Morgan fingerprint density at radius 2 is 1.78 bits per heavy atom. The minimum absolute atomic E-state index is 1.18. The molecule has 0 N–H and O–H groups in total. The van der Waals surface area contributed by atoms with E-state index >= 15 is 0 Å². The molecule has 1 rings (SSSR count). The van der Waals surface area contributed by atoms with Gasteiger partial charge in [0.15, 0.2) is 0 Å². The van der Waals surface area contributed by atoms with E-state index in [0.29, 0.717) is 0 Å². The summed E-state index contributed by atoms with van der Waals surface area (Å²) in [5.74, 6) is 0. The molecule has 1 aliphatic heterocycles. The van der Waals surface area contributed by atoms with Gasteiger partial charge in [-0.05, 0) is 19.3 Å². The molecule has 0 aromatic carbocycles. The van der Waals surface area contributed by atoms with E-state index in [1.54, 1.807) is 5.54 Å². The monoisotopic (exact) mass is 145 g/mol. The smallest absolute Gasteiger partial charge is 0.0202 e. The summed E-state index contributed by atoms with van der Waals surface area (Å²) in [5, 5.41) is 0. The van der Waals surface area contributed by atoms with Gasteiger partial charge in [0.2, 0.25) is 0 Å². The molecule has 0 radical (unpaired) electrons. The molecule has 0 bridgehead atoms. The van der Waals surface area contributed by atoms with Crippen LogP contribution in [-0.4, -0.2) is 18.0 Å². The first-order valence-corrected chi connectivity index (χ1v) is 3.88. The maximum Gasteiger partial charge on any atom is 0.0202 e. The zero-order chi connectivity index (χ0) is 6.53. The SMILES string of the molecule is ClC=CN1CCCCC1. The topological polar surface area (TPSA) is 3.24 Å². The van der Waals surface area contributed by atoms with Crippen molar-refractivity contribution in [2.24, 2.45) is 0 Å². The second kappa shape index (κ2) is 3.78. The largest absolute Gasteiger partial charge is 0.377 e. The van der Waals surface area contributed by atoms with Crippen molar-refractivity contribution in [1.82, 2.24) is 4.90 Å². The van der Waals surface area contributed by atoms with Gasteiger partial charge in [-0.2, -0.15) is 0 Å². The summed E-state index contributed by atoms with van der Waals surface area (Å²) in [5.41, 5.74) is 1.59. The molecule has 0 unspecified atom stereocenters. The zero-order valence-electron chi connectivity index (χ0n) is 5.52. The van der Waals surface area contributed by atoms with Crippen LogP contribution in [0, 0.1) is 0 Å². The number of hydrogen-bond donors (Lipinski definition) is 0. The number of nitrogens with zero attached hydrogens (tertiary/aromatic N) is 1. The Balaban J connectivity index is 2.23. The molecule has 0 atom stereocenters. The Labute approximate surface area is 61.3 Å². The predicted molar refractivity (Wildman–Crippen MR) is 40.4 cm³/mol. The molecule has 2 heteroatoms. The highest BCUT2D eigenvalue weighted by Gasteiger charge is 2.03. The molecule has 0 aliphatic carbocycles. The second-order valence-corrected chi connectivity index (χ2v) is 2.62. The maximum absolute atomic E-state index is 5.41. The van der Waals surface area contributed by atoms with E-state index in [4.69, 9.17) is 11.6 Å². The summed E-state index contributed by atoms with van der Waals surface area (Å²) >= 11 is 5.41. The van der Waals surface area contributed by atoms with Gasteiger partial charge in [0, 0.05) is 24.8 Å². The fourth-order valence-electron chi connectivity index (χ4n) is 1.15. The fourth-order valence-corrected chi connectivity index (χ4v) is 1.31. The summed E-state index contributed by atoms with van der Waals surface area (Å²) in [6.45, 7) is 2.37. The molecule has 9 heavy (non-hydrogen) atoms. The Morgan fingerprint density at radius 1 is 1.11 bits per heavy atom. The lowest BCUT2D eigenvalue weighted by atomic mass is 10.1. The van der Waals surface area contributed by atoms with Crippen molar-refractivity contribution in [2.75, 3.05) is 13.1 Å². The third-order valence-corrected chi connectivity index (χ3v) is 1.77. The highest BCUT2D eigenvalue weighted by atomic mass is 35.5. The molecule has 1 fully saturated rings. The summed E-state index contributed by atoms with van der Waals surface area (Å²) in [7, 11) is 0. The first-order chi connectivity index (χ1) is 4.43. The molecule has 0 saturated carbocycles. The van der Waals surface area contributed by atoms with E-state index in [1.165, 1.54) is 32.4 Å². The Kier molecular flexibility index (Phi) is 2.92. The van der Waals surface area contributed by atoms with Gasteiger partial charge in [0.25, 0.3) is 0 Å². The molecule has 0 aromatic rings. The van der Waals surface area contributed by atoms with Crippen molar-refractivity contribution in [3.8, 4) is 0 Å². The molecular formula is C7H12ClN. The number of halogens is 1. The van der Waals surface area contributed by atoms with Gasteiger partial charge in [-0.25, -0.2) is 0 Å². The molecular weight excluding hydrogens is 134 g/mol. The first kappa shape index (κ1) is 6.94. The molecule has 1 aliphatic rings. The first-order valence-electron chi connectivity index (χ1n) is 3.44. The van der Waals surface area contributed by atoms with Crippen LogP contribution in [0.5, 0.6) is 0 Å². The summed E-state index contributed by atoms with van der Waals surface area (Å²) in [6, 6.07) is 0. The highest BCUT2D eigenvalue weighted by Crippen LogP contribution is 2.08. The van der Waals surface area contributed by atoms with Crippen LogP contribution < -0.4 is 0 Å².